The van der Waals surface area contributed by atoms with Crippen LogP contribution in [-0.4, -0.2) is 50.5 Å². The number of carbonyl (C=O) groups is 1. The van der Waals surface area contributed by atoms with E-state index in [4.69, 9.17) is 4.74 Å². The van der Waals surface area contributed by atoms with Crippen molar-refractivity contribution in [3.05, 3.63) is 17.5 Å². The molecule has 0 aliphatic carbocycles. The first-order valence-electron chi connectivity index (χ1n) is 7.74. The molecule has 1 N–H and O–H groups in total. The van der Waals surface area contributed by atoms with Crippen LogP contribution in [-0.2, 0) is 9.53 Å². The average Bonchev–Trinajstić information content (AvgIpc) is 2.89. The first kappa shape index (κ1) is 17.7. The quantitative estimate of drug-likeness (QED) is 0.584. The number of aromatic nitrogens is 4. The summed E-state index contributed by atoms with van der Waals surface area (Å²) < 4.78 is 6.94. The van der Waals surface area contributed by atoms with Crippen LogP contribution < -0.4 is 5.32 Å². The average molecular weight is 337 g/mol. The van der Waals surface area contributed by atoms with E-state index in [2.05, 4.69) is 20.4 Å². The third-order valence-electron chi connectivity index (χ3n) is 3.22. The molecule has 2 heterocycles. The third kappa shape index (κ3) is 4.90. The van der Waals surface area contributed by atoms with Crippen LogP contribution in [0.5, 0.6) is 0 Å². The molecule has 0 saturated carbocycles. The summed E-state index contributed by atoms with van der Waals surface area (Å²) in [6.45, 7) is 9.66. The van der Waals surface area contributed by atoms with Gasteiger partial charge in [-0.05, 0) is 40.2 Å². The Morgan fingerprint density at radius 2 is 2.22 bits per heavy atom. The number of thioether (sulfide) groups is 1. The van der Waals surface area contributed by atoms with Crippen molar-refractivity contribution in [2.24, 2.45) is 0 Å². The zero-order valence-corrected chi connectivity index (χ0v) is 14.8. The van der Waals surface area contributed by atoms with Crippen LogP contribution in [0.3, 0.4) is 0 Å². The van der Waals surface area contributed by atoms with Gasteiger partial charge >= 0.3 is 0 Å². The summed E-state index contributed by atoms with van der Waals surface area (Å²) in [5, 5.41) is 7.60. The maximum atomic E-state index is 12.1. The molecule has 0 saturated heterocycles. The van der Waals surface area contributed by atoms with Crippen LogP contribution in [0.2, 0.25) is 0 Å². The predicted molar refractivity (Wildman–Crippen MR) is 89.7 cm³/mol. The van der Waals surface area contributed by atoms with Crippen molar-refractivity contribution in [1.82, 2.24) is 24.9 Å². The second kappa shape index (κ2) is 8.26. The van der Waals surface area contributed by atoms with Crippen molar-refractivity contribution in [1.29, 1.82) is 0 Å². The number of aryl methyl sites for hydroxylation is 2. The van der Waals surface area contributed by atoms with E-state index >= 15 is 0 Å². The van der Waals surface area contributed by atoms with Gasteiger partial charge < -0.3 is 10.1 Å². The lowest BCUT2D eigenvalue weighted by Crippen LogP contribution is -2.32. The molecule has 1 atom stereocenters. The molecule has 2 aromatic heterocycles. The van der Waals surface area contributed by atoms with Crippen LogP contribution in [0.4, 0.5) is 0 Å². The summed E-state index contributed by atoms with van der Waals surface area (Å²) >= 11 is 1.33. The number of hydrogen-bond donors (Lipinski definition) is 1. The number of nitrogens with zero attached hydrogens (tertiary/aromatic N) is 4. The molecule has 8 heteroatoms. The minimum atomic E-state index is -0.263. The van der Waals surface area contributed by atoms with Gasteiger partial charge in [-0.25, -0.2) is 9.50 Å². The Hall–Kier alpha value is -1.67. The van der Waals surface area contributed by atoms with Crippen LogP contribution >= 0.6 is 11.8 Å². The molecule has 126 valence electrons. The van der Waals surface area contributed by atoms with Gasteiger partial charge in [-0.15, -0.1) is 5.10 Å². The molecule has 2 rings (SSSR count). The molecule has 7 nitrogen and oxygen atoms in total. The van der Waals surface area contributed by atoms with Crippen molar-refractivity contribution in [2.75, 3.05) is 19.8 Å². The highest BCUT2D eigenvalue weighted by Crippen LogP contribution is 2.20. The number of ether oxygens (including phenoxy) is 1. The highest BCUT2D eigenvalue weighted by Gasteiger charge is 2.17. The number of fused-ring (bicyclic) bond motifs is 1. The van der Waals surface area contributed by atoms with Crippen molar-refractivity contribution in [3.8, 4) is 0 Å². The molecular formula is C15H23N5O2S. The van der Waals surface area contributed by atoms with Gasteiger partial charge in [-0.3, -0.25) is 4.79 Å². The fraction of sp³-hybridized carbons (Fsp3) is 0.600. The third-order valence-corrected chi connectivity index (χ3v) is 4.17. The second-order valence-corrected chi connectivity index (χ2v) is 6.55. The normalized spacial score (nSPS) is 12.5. The van der Waals surface area contributed by atoms with Crippen molar-refractivity contribution >= 4 is 23.4 Å². The summed E-state index contributed by atoms with van der Waals surface area (Å²) in [6.07, 6.45) is 0.811. The van der Waals surface area contributed by atoms with Crippen LogP contribution in [0, 0.1) is 13.8 Å². The Morgan fingerprint density at radius 1 is 1.43 bits per heavy atom. The van der Waals surface area contributed by atoms with Gasteiger partial charge in [0.05, 0.1) is 5.25 Å². The minimum absolute atomic E-state index is 0.0220. The maximum Gasteiger partial charge on any atom is 0.253 e. The van der Waals surface area contributed by atoms with Gasteiger partial charge in [0.25, 0.3) is 5.78 Å². The number of amides is 1. The maximum absolute atomic E-state index is 12.1. The zero-order chi connectivity index (χ0) is 16.8. The Labute approximate surface area is 140 Å². The van der Waals surface area contributed by atoms with Gasteiger partial charge in [0, 0.05) is 31.1 Å². The Bertz CT molecular complexity index is 673. The summed E-state index contributed by atoms with van der Waals surface area (Å²) in [5.41, 5.74) is 1.87. The topological polar surface area (TPSA) is 81.4 Å². The Balaban J connectivity index is 1.91. The Morgan fingerprint density at radius 3 is 2.96 bits per heavy atom. The fourth-order valence-electron chi connectivity index (χ4n) is 2.08. The van der Waals surface area contributed by atoms with E-state index in [1.54, 1.807) is 4.52 Å². The van der Waals surface area contributed by atoms with Gasteiger partial charge in [0.2, 0.25) is 11.1 Å². The summed E-state index contributed by atoms with van der Waals surface area (Å²) in [6, 6.07) is 1.95. The Kier molecular flexibility index (Phi) is 6.35. The summed E-state index contributed by atoms with van der Waals surface area (Å²) in [4.78, 5) is 20.8. The fourth-order valence-corrected chi connectivity index (χ4v) is 2.85. The van der Waals surface area contributed by atoms with Crippen molar-refractivity contribution < 1.29 is 9.53 Å². The molecule has 0 fully saturated rings. The molecular weight excluding hydrogens is 314 g/mol. The summed E-state index contributed by atoms with van der Waals surface area (Å²) in [7, 11) is 0. The molecule has 0 radical (unpaired) electrons. The lowest BCUT2D eigenvalue weighted by molar-refractivity contribution is -0.120. The number of carbonyl (C=O) groups excluding carboxylic acids is 1. The largest absolute Gasteiger partial charge is 0.382 e. The first-order valence-corrected chi connectivity index (χ1v) is 8.62. The standard InChI is InChI=1S/C15H23N5O2S/c1-5-22-8-6-7-16-13(21)12(4)23-15-18-14-17-10(2)9-11(3)20(14)19-15/h9,12H,5-8H2,1-4H3,(H,16,21). The van der Waals surface area contributed by atoms with E-state index in [9.17, 15) is 4.79 Å². The van der Waals surface area contributed by atoms with Crippen LogP contribution in [0.15, 0.2) is 11.2 Å². The van der Waals surface area contributed by atoms with E-state index in [1.165, 1.54) is 11.8 Å². The van der Waals surface area contributed by atoms with Gasteiger partial charge in [-0.2, -0.15) is 4.98 Å². The van der Waals surface area contributed by atoms with Gasteiger partial charge in [0.1, 0.15) is 0 Å². The first-order chi connectivity index (χ1) is 11.0. The van der Waals surface area contributed by atoms with Crippen molar-refractivity contribution in [3.63, 3.8) is 0 Å². The van der Waals surface area contributed by atoms with Gasteiger partial charge in [-0.1, -0.05) is 11.8 Å². The lowest BCUT2D eigenvalue weighted by atomic mass is 10.4. The van der Waals surface area contributed by atoms with Gasteiger partial charge in [0.15, 0.2) is 0 Å². The highest BCUT2D eigenvalue weighted by molar-refractivity contribution is 8.00. The molecule has 0 bridgehead atoms. The minimum Gasteiger partial charge on any atom is -0.382 e. The van der Waals surface area contributed by atoms with E-state index in [1.807, 2.05) is 33.8 Å². The summed E-state index contributed by atoms with van der Waals surface area (Å²) in [5.74, 6) is 0.542. The molecule has 0 aliphatic rings. The second-order valence-electron chi connectivity index (χ2n) is 5.25. The zero-order valence-electron chi connectivity index (χ0n) is 14.0. The highest BCUT2D eigenvalue weighted by atomic mass is 32.2. The van der Waals surface area contributed by atoms with Crippen LogP contribution in [0.25, 0.3) is 5.78 Å². The molecule has 0 spiro atoms. The molecule has 23 heavy (non-hydrogen) atoms. The molecule has 0 aromatic carbocycles. The SMILES string of the molecule is CCOCCCNC(=O)C(C)Sc1nc2nc(C)cc(C)n2n1. The predicted octanol–water partition coefficient (Wildman–Crippen LogP) is 1.76. The van der Waals surface area contributed by atoms with E-state index in [0.29, 0.717) is 30.7 Å². The van der Waals surface area contributed by atoms with E-state index < -0.39 is 0 Å². The van der Waals surface area contributed by atoms with Crippen molar-refractivity contribution in [2.45, 2.75) is 44.5 Å². The monoisotopic (exact) mass is 337 g/mol. The lowest BCUT2D eigenvalue weighted by Gasteiger charge is -2.09. The number of hydrogen-bond acceptors (Lipinski definition) is 6. The smallest absolute Gasteiger partial charge is 0.253 e. The number of nitrogens with one attached hydrogen (secondary N) is 1. The van der Waals surface area contributed by atoms with E-state index in [0.717, 1.165) is 17.8 Å². The van der Waals surface area contributed by atoms with E-state index in [-0.39, 0.29) is 11.2 Å². The molecule has 1 unspecified atom stereocenters. The molecule has 2 aromatic rings. The number of rotatable bonds is 8. The van der Waals surface area contributed by atoms with Crippen LogP contribution in [0.1, 0.15) is 31.7 Å². The molecule has 0 aliphatic heterocycles. The molecule has 1 amide bonds.